The number of hydrogen-bond acceptors (Lipinski definition) is 2. The molecular weight excluding hydrogens is 375 g/mol. The van der Waals surface area contributed by atoms with Crippen LogP contribution in [0.5, 0.6) is 5.75 Å². The van der Waals surface area contributed by atoms with Gasteiger partial charge in [-0.3, -0.25) is 4.98 Å². The summed E-state index contributed by atoms with van der Waals surface area (Å²) in [7, 11) is 0. The molecule has 152 valence electrons. The lowest BCUT2D eigenvalue weighted by Gasteiger charge is -2.31. The van der Waals surface area contributed by atoms with E-state index in [2.05, 4.69) is 4.98 Å². The van der Waals surface area contributed by atoms with Crippen molar-refractivity contribution in [3.05, 3.63) is 59.3 Å². The summed E-state index contributed by atoms with van der Waals surface area (Å²) < 4.78 is 48.7. The van der Waals surface area contributed by atoms with Gasteiger partial charge in [0.05, 0.1) is 17.9 Å². The SMILES string of the molecule is CCCOc1c(C)ccc(-c2ncc3ccccc3c2C(F)(F)F)c1C1CCC1. The van der Waals surface area contributed by atoms with Crippen molar-refractivity contribution in [1.29, 1.82) is 0 Å². The fraction of sp³-hybridized carbons (Fsp3) is 0.375. The molecule has 0 aliphatic heterocycles. The van der Waals surface area contributed by atoms with Gasteiger partial charge in [-0.1, -0.05) is 49.7 Å². The lowest BCUT2D eigenvalue weighted by Crippen LogP contribution is -2.16. The van der Waals surface area contributed by atoms with Crippen LogP contribution in [0.15, 0.2) is 42.6 Å². The molecule has 1 saturated carbocycles. The normalized spacial score (nSPS) is 14.8. The van der Waals surface area contributed by atoms with Gasteiger partial charge in [-0.15, -0.1) is 0 Å². The predicted octanol–water partition coefficient (Wildman–Crippen LogP) is 7.29. The molecule has 0 radical (unpaired) electrons. The van der Waals surface area contributed by atoms with Gasteiger partial charge in [0.25, 0.3) is 0 Å². The Labute approximate surface area is 168 Å². The van der Waals surface area contributed by atoms with Gasteiger partial charge < -0.3 is 4.74 Å². The third-order valence-corrected chi connectivity index (χ3v) is 5.70. The number of alkyl halides is 3. The number of rotatable bonds is 5. The first kappa shape index (κ1) is 19.7. The highest BCUT2D eigenvalue weighted by molar-refractivity contribution is 5.91. The number of fused-ring (bicyclic) bond motifs is 1. The fourth-order valence-electron chi connectivity index (χ4n) is 4.07. The zero-order chi connectivity index (χ0) is 20.6. The van der Waals surface area contributed by atoms with Crippen LogP contribution in [0.1, 0.15) is 55.2 Å². The van der Waals surface area contributed by atoms with Crippen LogP contribution in [-0.2, 0) is 6.18 Å². The molecule has 2 nitrogen and oxygen atoms in total. The van der Waals surface area contributed by atoms with E-state index in [1.807, 2.05) is 19.9 Å². The fourth-order valence-corrected chi connectivity index (χ4v) is 4.07. The number of aromatic nitrogens is 1. The minimum Gasteiger partial charge on any atom is -0.493 e. The molecule has 1 aliphatic rings. The van der Waals surface area contributed by atoms with Crippen LogP contribution in [0.3, 0.4) is 0 Å². The molecule has 1 aliphatic carbocycles. The highest BCUT2D eigenvalue weighted by Gasteiger charge is 2.38. The molecule has 0 spiro atoms. The Balaban J connectivity index is 2.01. The largest absolute Gasteiger partial charge is 0.493 e. The van der Waals surface area contributed by atoms with Crippen LogP contribution >= 0.6 is 0 Å². The molecule has 0 atom stereocenters. The summed E-state index contributed by atoms with van der Waals surface area (Å²) in [5, 5.41) is 0.671. The topological polar surface area (TPSA) is 22.1 Å². The zero-order valence-corrected chi connectivity index (χ0v) is 16.6. The monoisotopic (exact) mass is 399 g/mol. The molecule has 0 N–H and O–H groups in total. The van der Waals surface area contributed by atoms with E-state index in [0.717, 1.165) is 42.6 Å². The smallest absolute Gasteiger partial charge is 0.419 e. The molecule has 0 unspecified atom stereocenters. The molecule has 0 saturated heterocycles. The Morgan fingerprint density at radius 2 is 1.86 bits per heavy atom. The molecule has 29 heavy (non-hydrogen) atoms. The van der Waals surface area contributed by atoms with Crippen LogP contribution < -0.4 is 4.74 Å². The van der Waals surface area contributed by atoms with Crippen molar-refractivity contribution in [2.45, 2.75) is 51.6 Å². The number of pyridine rings is 1. The van der Waals surface area contributed by atoms with E-state index in [1.165, 1.54) is 12.3 Å². The molecule has 0 amide bonds. The number of aryl methyl sites for hydroxylation is 1. The van der Waals surface area contributed by atoms with Crippen LogP contribution in [0.25, 0.3) is 22.0 Å². The average molecular weight is 399 g/mol. The maximum absolute atomic E-state index is 14.2. The van der Waals surface area contributed by atoms with Crippen molar-refractivity contribution in [2.24, 2.45) is 0 Å². The Kier molecular flexibility index (Phi) is 5.24. The van der Waals surface area contributed by atoms with Crippen molar-refractivity contribution in [3.8, 4) is 17.0 Å². The quantitative estimate of drug-likeness (QED) is 0.449. The van der Waals surface area contributed by atoms with Crippen molar-refractivity contribution in [3.63, 3.8) is 0 Å². The van der Waals surface area contributed by atoms with Crippen molar-refractivity contribution in [1.82, 2.24) is 4.98 Å². The number of benzene rings is 2. The molecule has 2 aromatic carbocycles. The van der Waals surface area contributed by atoms with Gasteiger partial charge in [0.15, 0.2) is 0 Å². The number of hydrogen-bond donors (Lipinski definition) is 0. The first-order valence-corrected chi connectivity index (χ1v) is 10.1. The Morgan fingerprint density at radius 1 is 1.10 bits per heavy atom. The van der Waals surface area contributed by atoms with Gasteiger partial charge in [-0.2, -0.15) is 13.2 Å². The summed E-state index contributed by atoms with van der Waals surface area (Å²) in [4.78, 5) is 4.32. The Hall–Kier alpha value is -2.56. The molecule has 1 heterocycles. The average Bonchev–Trinajstić information content (AvgIpc) is 2.65. The van der Waals surface area contributed by atoms with Gasteiger partial charge >= 0.3 is 6.18 Å². The second-order valence-corrected chi connectivity index (χ2v) is 7.72. The van der Waals surface area contributed by atoms with Gasteiger partial charge in [-0.05, 0) is 43.1 Å². The van der Waals surface area contributed by atoms with Crippen molar-refractivity contribution in [2.75, 3.05) is 6.61 Å². The second kappa shape index (κ2) is 7.69. The minimum absolute atomic E-state index is 0.000511. The molecule has 1 fully saturated rings. The van der Waals surface area contributed by atoms with E-state index in [0.29, 0.717) is 17.6 Å². The molecular formula is C24H24F3NO. The first-order valence-electron chi connectivity index (χ1n) is 10.1. The third kappa shape index (κ3) is 3.59. The molecule has 4 rings (SSSR count). The van der Waals surface area contributed by atoms with Gasteiger partial charge in [0, 0.05) is 22.7 Å². The summed E-state index contributed by atoms with van der Waals surface area (Å²) >= 11 is 0. The maximum atomic E-state index is 14.2. The second-order valence-electron chi connectivity index (χ2n) is 7.72. The highest BCUT2D eigenvalue weighted by atomic mass is 19.4. The Morgan fingerprint density at radius 3 is 2.52 bits per heavy atom. The number of nitrogens with zero attached hydrogens (tertiary/aromatic N) is 1. The summed E-state index contributed by atoms with van der Waals surface area (Å²) in [5.41, 5.74) is 1.72. The van der Waals surface area contributed by atoms with E-state index in [-0.39, 0.29) is 17.0 Å². The summed E-state index contributed by atoms with van der Waals surface area (Å²) in [6.45, 7) is 4.52. The van der Waals surface area contributed by atoms with E-state index < -0.39 is 11.7 Å². The summed E-state index contributed by atoms with van der Waals surface area (Å²) in [5.74, 6) is 0.947. The van der Waals surface area contributed by atoms with Gasteiger partial charge in [0.2, 0.25) is 0 Å². The lowest BCUT2D eigenvalue weighted by molar-refractivity contribution is -0.136. The lowest BCUT2D eigenvalue weighted by atomic mass is 9.76. The van der Waals surface area contributed by atoms with E-state index in [4.69, 9.17) is 4.74 Å². The van der Waals surface area contributed by atoms with Crippen LogP contribution in [0.4, 0.5) is 13.2 Å². The summed E-state index contributed by atoms with van der Waals surface area (Å²) in [6.07, 6.45) is 0.895. The third-order valence-electron chi connectivity index (χ3n) is 5.70. The van der Waals surface area contributed by atoms with Crippen LogP contribution in [-0.4, -0.2) is 11.6 Å². The molecule has 0 bridgehead atoms. The number of ether oxygens (including phenoxy) is 1. The van der Waals surface area contributed by atoms with Crippen molar-refractivity contribution < 1.29 is 17.9 Å². The van der Waals surface area contributed by atoms with Gasteiger partial charge in [-0.25, -0.2) is 0 Å². The highest BCUT2D eigenvalue weighted by Crippen LogP contribution is 2.49. The zero-order valence-electron chi connectivity index (χ0n) is 16.6. The van der Waals surface area contributed by atoms with E-state index in [1.54, 1.807) is 24.3 Å². The van der Waals surface area contributed by atoms with E-state index in [9.17, 15) is 13.2 Å². The first-order chi connectivity index (χ1) is 13.9. The Bertz CT molecular complexity index is 1040. The van der Waals surface area contributed by atoms with Crippen LogP contribution in [0.2, 0.25) is 0 Å². The van der Waals surface area contributed by atoms with E-state index >= 15 is 0 Å². The molecule has 1 aromatic heterocycles. The van der Waals surface area contributed by atoms with Crippen molar-refractivity contribution >= 4 is 10.8 Å². The van der Waals surface area contributed by atoms with Gasteiger partial charge in [0.1, 0.15) is 5.75 Å². The number of halogens is 3. The van der Waals surface area contributed by atoms with Crippen LogP contribution in [0, 0.1) is 6.92 Å². The maximum Gasteiger partial charge on any atom is 0.419 e. The summed E-state index contributed by atoms with van der Waals surface area (Å²) in [6, 6.07) is 10.2. The predicted molar refractivity (Wildman–Crippen MR) is 109 cm³/mol. The molecule has 5 heteroatoms. The standard InChI is InChI=1S/C24H24F3NO/c1-3-13-29-23-15(2)11-12-19(20(23)16-8-6-9-16)22-21(24(25,26)27)18-10-5-4-7-17(18)14-28-22/h4-5,7,10-12,14,16H,3,6,8-9,13H2,1-2H3. The minimum atomic E-state index is -4.50. The molecule has 3 aromatic rings.